The highest BCUT2D eigenvalue weighted by Crippen LogP contribution is 2.34. The van der Waals surface area contributed by atoms with Gasteiger partial charge in [-0.05, 0) is 28.1 Å². The maximum absolute atomic E-state index is 11.1. The van der Waals surface area contributed by atoms with E-state index in [2.05, 4.69) is 20.9 Å². The van der Waals surface area contributed by atoms with E-state index >= 15 is 0 Å². The van der Waals surface area contributed by atoms with Crippen LogP contribution in [0.1, 0.15) is 10.4 Å². The zero-order chi connectivity index (χ0) is 11.5. The number of hydrogen-bond donors (Lipinski definition) is 1. The molecule has 0 radical (unpaired) electrons. The minimum atomic E-state index is -0.938. The number of aromatic nitrogens is 1. The summed E-state index contributed by atoms with van der Waals surface area (Å²) in [6.07, 6.45) is 1.70. The van der Waals surface area contributed by atoms with E-state index < -0.39 is 5.97 Å². The van der Waals surface area contributed by atoms with Gasteiger partial charge in [0.1, 0.15) is 0 Å². The number of carboxylic acids is 1. The molecule has 0 spiro atoms. The van der Waals surface area contributed by atoms with Crippen LogP contribution in [0.2, 0.25) is 0 Å². The lowest BCUT2D eigenvalue weighted by Crippen LogP contribution is -1.99. The van der Waals surface area contributed by atoms with Crippen molar-refractivity contribution < 1.29 is 9.90 Å². The molecular weight excluding hydrogens is 310 g/mol. The number of hydrogen-bond acceptors (Lipinski definition) is 4. The topological polar surface area (TPSA) is 50.2 Å². The SMILES string of the molecule is O=C(O)c1c(Br)cccc1Sc1nccs1. The Bertz CT molecular complexity index is 514. The molecule has 3 nitrogen and oxygen atoms in total. The first-order valence-electron chi connectivity index (χ1n) is 4.27. The summed E-state index contributed by atoms with van der Waals surface area (Å²) in [6.45, 7) is 0. The quantitative estimate of drug-likeness (QED) is 0.937. The Hall–Kier alpha value is -0.850. The van der Waals surface area contributed by atoms with E-state index in [1.54, 1.807) is 18.3 Å². The van der Waals surface area contributed by atoms with E-state index in [4.69, 9.17) is 5.11 Å². The Morgan fingerprint density at radius 2 is 2.31 bits per heavy atom. The minimum Gasteiger partial charge on any atom is -0.478 e. The Morgan fingerprint density at radius 3 is 2.94 bits per heavy atom. The van der Waals surface area contributed by atoms with E-state index in [-0.39, 0.29) is 5.56 Å². The molecule has 16 heavy (non-hydrogen) atoms. The molecule has 0 fully saturated rings. The maximum Gasteiger partial charge on any atom is 0.338 e. The summed E-state index contributed by atoms with van der Waals surface area (Å²) in [6, 6.07) is 5.31. The van der Waals surface area contributed by atoms with Gasteiger partial charge in [0.05, 0.1) is 5.56 Å². The lowest BCUT2D eigenvalue weighted by atomic mass is 10.2. The molecule has 2 rings (SSSR count). The van der Waals surface area contributed by atoms with Gasteiger partial charge in [0, 0.05) is 20.9 Å². The molecule has 82 valence electrons. The smallest absolute Gasteiger partial charge is 0.338 e. The molecule has 0 saturated heterocycles. The molecular formula is C10H6BrNO2S2. The number of rotatable bonds is 3. The summed E-state index contributed by atoms with van der Waals surface area (Å²) >= 11 is 6.09. The summed E-state index contributed by atoms with van der Waals surface area (Å²) in [5, 5.41) is 11.0. The predicted octanol–water partition coefficient (Wildman–Crippen LogP) is 3.76. The third kappa shape index (κ3) is 2.45. The first-order valence-corrected chi connectivity index (χ1v) is 6.76. The lowest BCUT2D eigenvalue weighted by Gasteiger charge is -2.05. The van der Waals surface area contributed by atoms with Gasteiger partial charge in [0.25, 0.3) is 0 Å². The second-order valence-electron chi connectivity index (χ2n) is 2.82. The molecule has 2 aromatic rings. The highest BCUT2D eigenvalue weighted by atomic mass is 79.9. The van der Waals surface area contributed by atoms with Crippen LogP contribution in [-0.4, -0.2) is 16.1 Å². The molecule has 0 unspecified atom stereocenters. The molecule has 0 saturated carbocycles. The van der Waals surface area contributed by atoms with Gasteiger partial charge in [-0.2, -0.15) is 0 Å². The third-order valence-corrected chi connectivity index (χ3v) is 4.40. The molecule has 0 atom stereocenters. The second-order valence-corrected chi connectivity index (χ2v) is 5.86. The van der Waals surface area contributed by atoms with Crippen molar-refractivity contribution in [3.8, 4) is 0 Å². The van der Waals surface area contributed by atoms with Crippen molar-refractivity contribution in [1.29, 1.82) is 0 Å². The van der Waals surface area contributed by atoms with Crippen molar-refractivity contribution in [3.05, 3.63) is 39.8 Å². The first-order chi connectivity index (χ1) is 7.68. The number of nitrogens with zero attached hydrogens (tertiary/aromatic N) is 1. The van der Waals surface area contributed by atoms with E-state index in [1.165, 1.54) is 23.1 Å². The summed E-state index contributed by atoms with van der Waals surface area (Å²) in [7, 11) is 0. The van der Waals surface area contributed by atoms with Crippen molar-refractivity contribution in [2.45, 2.75) is 9.24 Å². The maximum atomic E-state index is 11.1. The number of benzene rings is 1. The second kappa shape index (κ2) is 4.99. The van der Waals surface area contributed by atoms with Crippen molar-refractivity contribution in [3.63, 3.8) is 0 Å². The average Bonchev–Trinajstić information content (AvgIpc) is 2.70. The summed E-state index contributed by atoms with van der Waals surface area (Å²) in [5.41, 5.74) is 0.280. The molecule has 1 heterocycles. The highest BCUT2D eigenvalue weighted by Gasteiger charge is 2.15. The first kappa shape index (κ1) is 11.6. The monoisotopic (exact) mass is 315 g/mol. The molecule has 0 aliphatic heterocycles. The Balaban J connectivity index is 2.40. The molecule has 0 amide bonds. The zero-order valence-electron chi connectivity index (χ0n) is 7.88. The Kier molecular flexibility index (Phi) is 3.63. The van der Waals surface area contributed by atoms with Crippen LogP contribution in [0.3, 0.4) is 0 Å². The summed E-state index contributed by atoms with van der Waals surface area (Å²) < 4.78 is 1.42. The molecule has 0 aliphatic rings. The van der Waals surface area contributed by atoms with Crippen LogP contribution < -0.4 is 0 Å². The van der Waals surface area contributed by atoms with Crippen LogP contribution in [0, 0.1) is 0 Å². The van der Waals surface area contributed by atoms with Crippen LogP contribution in [0.4, 0.5) is 0 Å². The predicted molar refractivity (Wildman–Crippen MR) is 67.3 cm³/mol. The summed E-state index contributed by atoms with van der Waals surface area (Å²) in [5.74, 6) is -0.938. The summed E-state index contributed by atoms with van der Waals surface area (Å²) in [4.78, 5) is 15.9. The van der Waals surface area contributed by atoms with Gasteiger partial charge in [-0.25, -0.2) is 9.78 Å². The zero-order valence-corrected chi connectivity index (χ0v) is 11.1. The molecule has 1 N–H and O–H groups in total. The molecule has 6 heteroatoms. The van der Waals surface area contributed by atoms with Gasteiger partial charge < -0.3 is 5.11 Å². The van der Waals surface area contributed by atoms with Gasteiger partial charge >= 0.3 is 5.97 Å². The highest BCUT2D eigenvalue weighted by molar-refractivity contribution is 9.10. The molecule has 1 aromatic heterocycles. The number of carboxylic acid groups (broad SMARTS) is 1. The fraction of sp³-hybridized carbons (Fsp3) is 0. The van der Waals surface area contributed by atoms with Crippen molar-refractivity contribution in [2.24, 2.45) is 0 Å². The molecule has 0 aliphatic carbocycles. The van der Waals surface area contributed by atoms with E-state index in [1.807, 2.05) is 11.4 Å². The van der Waals surface area contributed by atoms with Gasteiger partial charge in [-0.1, -0.05) is 17.8 Å². The fourth-order valence-corrected chi connectivity index (χ4v) is 3.55. The van der Waals surface area contributed by atoms with Crippen LogP contribution in [0.5, 0.6) is 0 Å². The Morgan fingerprint density at radius 1 is 1.50 bits per heavy atom. The van der Waals surface area contributed by atoms with Crippen LogP contribution in [0.15, 0.2) is 43.5 Å². The van der Waals surface area contributed by atoms with Crippen LogP contribution >= 0.6 is 39.0 Å². The Labute approximate surface area is 109 Å². The standard InChI is InChI=1S/C10H6BrNO2S2/c11-6-2-1-3-7(8(6)9(13)14)16-10-12-4-5-15-10/h1-5H,(H,13,14). The fourth-order valence-electron chi connectivity index (χ4n) is 1.15. The van der Waals surface area contributed by atoms with Crippen molar-refractivity contribution >= 4 is 45.0 Å². The number of halogens is 1. The van der Waals surface area contributed by atoms with Crippen LogP contribution in [0.25, 0.3) is 0 Å². The van der Waals surface area contributed by atoms with Gasteiger partial charge in [-0.15, -0.1) is 11.3 Å². The van der Waals surface area contributed by atoms with Gasteiger partial charge in [0.2, 0.25) is 0 Å². The minimum absolute atomic E-state index is 0.280. The number of thiazole rings is 1. The van der Waals surface area contributed by atoms with Crippen LogP contribution in [-0.2, 0) is 0 Å². The largest absolute Gasteiger partial charge is 0.478 e. The van der Waals surface area contributed by atoms with E-state index in [0.29, 0.717) is 9.37 Å². The number of carbonyl (C=O) groups is 1. The van der Waals surface area contributed by atoms with Crippen molar-refractivity contribution in [1.82, 2.24) is 4.98 Å². The van der Waals surface area contributed by atoms with Gasteiger partial charge in [0.15, 0.2) is 4.34 Å². The van der Waals surface area contributed by atoms with Gasteiger partial charge in [-0.3, -0.25) is 0 Å². The average molecular weight is 316 g/mol. The van der Waals surface area contributed by atoms with E-state index in [0.717, 1.165) is 4.34 Å². The third-order valence-electron chi connectivity index (χ3n) is 1.80. The normalized spacial score (nSPS) is 10.3. The lowest BCUT2D eigenvalue weighted by molar-refractivity contribution is 0.0692. The number of aromatic carboxylic acids is 1. The molecule has 1 aromatic carbocycles. The van der Waals surface area contributed by atoms with Crippen molar-refractivity contribution in [2.75, 3.05) is 0 Å². The molecule has 0 bridgehead atoms. The van der Waals surface area contributed by atoms with E-state index in [9.17, 15) is 4.79 Å².